The average molecular weight is 560 g/mol. The molecule has 2 aromatic carbocycles. The first-order valence-corrected chi connectivity index (χ1v) is 13.5. The summed E-state index contributed by atoms with van der Waals surface area (Å²) in [7, 11) is 4.16. The largest absolute Gasteiger partial charge is 0.493 e. The Hall–Kier alpha value is -2.30. The first kappa shape index (κ1) is 30.2. The maximum absolute atomic E-state index is 9.11. The Morgan fingerprint density at radius 3 is 2.55 bits per heavy atom. The van der Waals surface area contributed by atoms with Gasteiger partial charge in [0.25, 0.3) is 0 Å². The van der Waals surface area contributed by atoms with Crippen molar-refractivity contribution >= 4 is 35.8 Å². The molecule has 6 nitrogen and oxygen atoms in total. The number of likely N-dealkylation sites (tertiary alicyclic amines) is 1. The molecule has 38 heavy (non-hydrogen) atoms. The number of hydrogen-bond acceptors (Lipinski definition) is 6. The van der Waals surface area contributed by atoms with Crippen LogP contribution in [0.25, 0.3) is 11.0 Å². The lowest BCUT2D eigenvalue weighted by Crippen LogP contribution is -2.35. The molecule has 8 heteroatoms. The highest BCUT2D eigenvalue weighted by Crippen LogP contribution is 2.35. The highest BCUT2D eigenvalue weighted by Gasteiger charge is 2.24. The summed E-state index contributed by atoms with van der Waals surface area (Å²) in [5.41, 5.74) is 5.09. The maximum Gasteiger partial charge on any atom is 0.175 e. The number of nitriles is 1. The summed E-state index contributed by atoms with van der Waals surface area (Å²) in [6, 6.07) is 14.5. The minimum atomic E-state index is 0. The van der Waals surface area contributed by atoms with Crippen molar-refractivity contribution in [2.24, 2.45) is 11.8 Å². The van der Waals surface area contributed by atoms with Gasteiger partial charge in [0.2, 0.25) is 0 Å². The summed E-state index contributed by atoms with van der Waals surface area (Å²) in [5, 5.41) is 14.8. The molecule has 0 bridgehead atoms. The van der Waals surface area contributed by atoms with Crippen LogP contribution in [0, 0.1) is 23.2 Å². The van der Waals surface area contributed by atoms with Crippen molar-refractivity contribution in [3.63, 3.8) is 0 Å². The molecule has 206 valence electrons. The van der Waals surface area contributed by atoms with Crippen molar-refractivity contribution in [2.75, 3.05) is 40.3 Å². The molecule has 1 aliphatic carbocycles. The molecule has 1 aromatic heterocycles. The third-order valence-electron chi connectivity index (χ3n) is 7.69. The number of fused-ring (bicyclic) bond motifs is 1. The number of aryl methyl sites for hydroxylation is 1. The zero-order chi connectivity index (χ0) is 24.9. The lowest BCUT2D eigenvalue weighted by Gasteiger charge is -2.32. The van der Waals surface area contributed by atoms with Gasteiger partial charge in [-0.3, -0.25) is 0 Å². The smallest absolute Gasteiger partial charge is 0.175 e. The molecule has 5 rings (SSSR count). The second-order valence-electron chi connectivity index (χ2n) is 10.9. The minimum Gasteiger partial charge on any atom is -0.493 e. The van der Waals surface area contributed by atoms with Crippen LogP contribution in [0.15, 0.2) is 40.9 Å². The van der Waals surface area contributed by atoms with Gasteiger partial charge in [-0.15, -0.1) is 24.8 Å². The number of rotatable bonds is 11. The maximum atomic E-state index is 9.11. The van der Waals surface area contributed by atoms with E-state index >= 15 is 0 Å². The van der Waals surface area contributed by atoms with Gasteiger partial charge in [0.1, 0.15) is 5.75 Å². The van der Waals surface area contributed by atoms with Crippen molar-refractivity contribution in [3.05, 3.63) is 58.8 Å². The molecular weight excluding hydrogens is 519 g/mol. The van der Waals surface area contributed by atoms with Crippen molar-refractivity contribution in [1.29, 1.82) is 5.26 Å². The second-order valence-corrected chi connectivity index (χ2v) is 10.9. The van der Waals surface area contributed by atoms with Crippen molar-refractivity contribution in [2.45, 2.75) is 51.5 Å². The molecule has 0 N–H and O–H groups in total. The molecule has 0 amide bonds. The van der Waals surface area contributed by atoms with Crippen LogP contribution in [-0.2, 0) is 19.4 Å². The van der Waals surface area contributed by atoms with E-state index in [1.807, 2.05) is 18.2 Å². The van der Waals surface area contributed by atoms with Gasteiger partial charge in [-0.2, -0.15) is 5.26 Å². The quantitative estimate of drug-likeness (QED) is 0.276. The molecular formula is C30H40Cl2N4O2. The van der Waals surface area contributed by atoms with Crippen LogP contribution < -0.4 is 4.74 Å². The van der Waals surface area contributed by atoms with E-state index < -0.39 is 0 Å². The number of piperidine rings is 1. The number of aromatic nitrogens is 1. The molecule has 0 spiro atoms. The zero-order valence-electron chi connectivity index (χ0n) is 22.5. The molecule has 0 atom stereocenters. The number of nitrogens with zero attached hydrogens (tertiary/aromatic N) is 4. The van der Waals surface area contributed by atoms with Crippen LogP contribution in [-0.4, -0.2) is 55.3 Å². The summed E-state index contributed by atoms with van der Waals surface area (Å²) in [6.07, 6.45) is 8.16. The van der Waals surface area contributed by atoms with Gasteiger partial charge in [-0.1, -0.05) is 17.3 Å². The summed E-state index contributed by atoms with van der Waals surface area (Å²) in [5.74, 6) is 2.40. The van der Waals surface area contributed by atoms with E-state index in [9.17, 15) is 0 Å². The number of halogens is 2. The lowest BCUT2D eigenvalue weighted by atomic mass is 9.91. The van der Waals surface area contributed by atoms with Gasteiger partial charge in [0.15, 0.2) is 5.58 Å². The van der Waals surface area contributed by atoms with Gasteiger partial charge in [0.05, 0.1) is 29.5 Å². The zero-order valence-corrected chi connectivity index (χ0v) is 24.2. The van der Waals surface area contributed by atoms with Gasteiger partial charge < -0.3 is 19.1 Å². The fraction of sp³-hybridized carbons (Fsp3) is 0.533. The first-order chi connectivity index (χ1) is 17.6. The SMILES string of the molecule is CN(C)Cc1c(OCC2CC2)ccc2c(CCC3CCN(CCc4cccc(C#N)c4)CC3)noc12.Cl.Cl. The van der Waals surface area contributed by atoms with E-state index in [2.05, 4.69) is 53.3 Å². The molecule has 2 fully saturated rings. The summed E-state index contributed by atoms with van der Waals surface area (Å²) in [4.78, 5) is 4.73. The average Bonchev–Trinajstić information content (AvgIpc) is 3.64. The van der Waals surface area contributed by atoms with Gasteiger partial charge >= 0.3 is 0 Å². The Morgan fingerprint density at radius 1 is 1.05 bits per heavy atom. The Morgan fingerprint density at radius 2 is 1.84 bits per heavy atom. The van der Waals surface area contributed by atoms with Crippen LogP contribution in [0.5, 0.6) is 5.75 Å². The number of ether oxygens (including phenoxy) is 1. The second kappa shape index (κ2) is 14.2. The molecule has 2 heterocycles. The summed E-state index contributed by atoms with van der Waals surface area (Å²) in [6.45, 7) is 4.95. The standard InChI is InChI=1S/C30H38N4O2.2ClH/c1-33(2)20-27-29(35-21-24-6-7-24)11-9-26-28(32-36-30(26)27)10-8-22-12-15-34(16-13-22)17-14-23-4-3-5-25(18-23)19-31;;/h3-5,9,11,18,22,24H,6-8,10,12-17,20-21H2,1-2H3;2*1H. The van der Waals surface area contributed by atoms with E-state index in [1.165, 1.54) is 31.2 Å². The molecule has 2 aliphatic rings. The van der Waals surface area contributed by atoms with Gasteiger partial charge in [-0.25, -0.2) is 0 Å². The first-order valence-electron chi connectivity index (χ1n) is 13.5. The van der Waals surface area contributed by atoms with E-state index in [4.69, 9.17) is 14.5 Å². The third kappa shape index (κ3) is 7.86. The van der Waals surface area contributed by atoms with Crippen LogP contribution in [0.2, 0.25) is 0 Å². The molecule has 1 saturated heterocycles. The number of hydrogen-bond donors (Lipinski definition) is 0. The van der Waals surface area contributed by atoms with Crippen LogP contribution in [0.3, 0.4) is 0 Å². The van der Waals surface area contributed by atoms with E-state index in [0.717, 1.165) is 97.4 Å². The van der Waals surface area contributed by atoms with Crippen LogP contribution in [0.1, 0.15) is 54.5 Å². The van der Waals surface area contributed by atoms with E-state index in [1.54, 1.807) is 0 Å². The third-order valence-corrected chi connectivity index (χ3v) is 7.69. The fourth-order valence-electron chi connectivity index (χ4n) is 5.29. The van der Waals surface area contributed by atoms with Crippen molar-refractivity contribution < 1.29 is 9.26 Å². The van der Waals surface area contributed by atoms with Crippen molar-refractivity contribution in [1.82, 2.24) is 15.0 Å². The highest BCUT2D eigenvalue weighted by atomic mass is 35.5. The summed E-state index contributed by atoms with van der Waals surface area (Å²) < 4.78 is 12.1. The normalized spacial score (nSPS) is 16.2. The molecule has 0 unspecified atom stereocenters. The van der Waals surface area contributed by atoms with Gasteiger partial charge in [0, 0.05) is 18.5 Å². The molecule has 1 saturated carbocycles. The Balaban J connectivity index is 0.00000200. The molecule has 0 radical (unpaired) electrons. The predicted molar refractivity (Wildman–Crippen MR) is 156 cm³/mol. The Bertz CT molecular complexity index is 1210. The number of benzene rings is 2. The van der Waals surface area contributed by atoms with Crippen LogP contribution >= 0.6 is 24.8 Å². The van der Waals surface area contributed by atoms with Gasteiger partial charge in [-0.05, 0) is 114 Å². The Kier molecular flexibility index (Phi) is 11.3. The van der Waals surface area contributed by atoms with E-state index in [-0.39, 0.29) is 24.8 Å². The summed E-state index contributed by atoms with van der Waals surface area (Å²) >= 11 is 0. The topological polar surface area (TPSA) is 65.5 Å². The monoisotopic (exact) mass is 558 g/mol. The minimum absolute atomic E-state index is 0. The Labute approximate surface area is 239 Å². The van der Waals surface area contributed by atoms with Crippen LogP contribution in [0.4, 0.5) is 0 Å². The van der Waals surface area contributed by atoms with E-state index in [0.29, 0.717) is 0 Å². The van der Waals surface area contributed by atoms with Crippen molar-refractivity contribution in [3.8, 4) is 11.8 Å². The lowest BCUT2D eigenvalue weighted by molar-refractivity contribution is 0.180. The fourth-order valence-corrected chi connectivity index (χ4v) is 5.29. The highest BCUT2D eigenvalue weighted by molar-refractivity contribution is 5.86. The molecule has 3 aromatic rings. The molecule has 1 aliphatic heterocycles. The predicted octanol–water partition coefficient (Wildman–Crippen LogP) is 6.28.